The molecule has 0 aliphatic carbocycles. The van der Waals surface area contributed by atoms with Gasteiger partial charge < -0.3 is 10.6 Å². The number of amides is 2. The van der Waals surface area contributed by atoms with E-state index in [9.17, 15) is 19.7 Å². The molecule has 7 nitrogen and oxygen atoms in total. The highest BCUT2D eigenvalue weighted by Gasteiger charge is 2.16. The molecule has 0 atom stereocenters. The van der Waals surface area contributed by atoms with Crippen LogP contribution in [-0.4, -0.2) is 23.3 Å². The third-order valence-electron chi connectivity index (χ3n) is 3.12. The number of nitrogens with one attached hydrogen (secondary N) is 2. The lowest BCUT2D eigenvalue weighted by atomic mass is 10.1. The standard InChI is InChI=1S/C16H14ClN3O4/c1-2-18-15(21)10-4-3-5-12(8-10)19-16(22)11-6-7-13(17)14(9-11)20(23)24/h3-9H,2H2,1H3,(H,18,21)(H,19,22). The highest BCUT2D eigenvalue weighted by Crippen LogP contribution is 2.25. The summed E-state index contributed by atoms with van der Waals surface area (Å²) in [6.07, 6.45) is 0. The lowest BCUT2D eigenvalue weighted by molar-refractivity contribution is -0.384. The van der Waals surface area contributed by atoms with Crippen LogP contribution < -0.4 is 10.6 Å². The van der Waals surface area contributed by atoms with Gasteiger partial charge >= 0.3 is 0 Å². The molecule has 0 bridgehead atoms. The Labute approximate surface area is 142 Å². The van der Waals surface area contributed by atoms with Gasteiger partial charge in [-0.3, -0.25) is 19.7 Å². The predicted molar refractivity (Wildman–Crippen MR) is 90.5 cm³/mol. The summed E-state index contributed by atoms with van der Waals surface area (Å²) in [4.78, 5) is 34.2. The second-order valence-corrected chi connectivity index (χ2v) is 5.22. The summed E-state index contributed by atoms with van der Waals surface area (Å²) in [6, 6.07) is 10.2. The van der Waals surface area contributed by atoms with Crippen molar-refractivity contribution in [2.45, 2.75) is 6.92 Å². The molecule has 2 aromatic carbocycles. The quantitative estimate of drug-likeness (QED) is 0.640. The molecule has 8 heteroatoms. The van der Waals surface area contributed by atoms with Crippen LogP contribution in [0.25, 0.3) is 0 Å². The minimum Gasteiger partial charge on any atom is -0.352 e. The number of hydrogen-bond donors (Lipinski definition) is 2. The molecule has 0 radical (unpaired) electrons. The number of halogens is 1. The SMILES string of the molecule is CCNC(=O)c1cccc(NC(=O)c2ccc(Cl)c([N+](=O)[O-])c2)c1. The molecule has 0 heterocycles. The van der Waals surface area contributed by atoms with Crippen molar-refractivity contribution in [2.75, 3.05) is 11.9 Å². The Morgan fingerprint density at radius 1 is 1.12 bits per heavy atom. The third kappa shape index (κ3) is 4.08. The van der Waals surface area contributed by atoms with E-state index in [0.29, 0.717) is 17.8 Å². The van der Waals surface area contributed by atoms with Crippen molar-refractivity contribution in [2.24, 2.45) is 0 Å². The maximum atomic E-state index is 12.2. The maximum absolute atomic E-state index is 12.2. The van der Waals surface area contributed by atoms with Crippen molar-refractivity contribution in [1.29, 1.82) is 0 Å². The Bertz CT molecular complexity index is 808. The fourth-order valence-corrected chi connectivity index (χ4v) is 2.18. The van der Waals surface area contributed by atoms with Gasteiger partial charge in [-0.1, -0.05) is 17.7 Å². The summed E-state index contributed by atoms with van der Waals surface area (Å²) in [5.41, 5.74) is 0.549. The molecule has 124 valence electrons. The summed E-state index contributed by atoms with van der Waals surface area (Å²) in [5.74, 6) is -0.793. The molecular formula is C16H14ClN3O4. The fraction of sp³-hybridized carbons (Fsp3) is 0.125. The molecule has 0 saturated carbocycles. The largest absolute Gasteiger partial charge is 0.352 e. The fourth-order valence-electron chi connectivity index (χ4n) is 2.00. The average Bonchev–Trinajstić information content (AvgIpc) is 2.55. The molecule has 24 heavy (non-hydrogen) atoms. The molecule has 0 aromatic heterocycles. The minimum atomic E-state index is -0.658. The first kappa shape index (κ1) is 17.4. The molecule has 2 amide bonds. The molecule has 0 aliphatic rings. The van der Waals surface area contributed by atoms with Crippen LogP contribution in [0, 0.1) is 10.1 Å². The highest BCUT2D eigenvalue weighted by atomic mass is 35.5. The molecule has 2 N–H and O–H groups in total. The van der Waals surface area contributed by atoms with Gasteiger partial charge in [-0.15, -0.1) is 0 Å². The van der Waals surface area contributed by atoms with E-state index in [0.717, 1.165) is 6.07 Å². The Kier molecular flexibility index (Phi) is 5.49. The van der Waals surface area contributed by atoms with Gasteiger partial charge in [0.05, 0.1) is 4.92 Å². The molecule has 0 saturated heterocycles. The molecule has 0 spiro atoms. The zero-order valence-electron chi connectivity index (χ0n) is 12.7. The van der Waals surface area contributed by atoms with E-state index in [1.165, 1.54) is 18.2 Å². The van der Waals surface area contributed by atoms with Crippen molar-refractivity contribution in [3.63, 3.8) is 0 Å². The number of nitrogens with zero attached hydrogens (tertiary/aromatic N) is 1. The van der Waals surface area contributed by atoms with Gasteiger partial charge in [0.2, 0.25) is 0 Å². The number of carbonyl (C=O) groups excluding carboxylic acids is 2. The van der Waals surface area contributed by atoms with Crippen LogP contribution in [0.5, 0.6) is 0 Å². The maximum Gasteiger partial charge on any atom is 0.288 e. The predicted octanol–water partition coefficient (Wildman–Crippen LogP) is 3.25. The number of nitro benzene ring substituents is 1. The molecule has 2 rings (SSSR count). The minimum absolute atomic E-state index is 0.0465. The van der Waals surface area contributed by atoms with Gasteiger partial charge in [-0.05, 0) is 37.3 Å². The topological polar surface area (TPSA) is 101 Å². The number of carbonyl (C=O) groups is 2. The number of nitro groups is 1. The molecule has 0 fully saturated rings. The summed E-state index contributed by atoms with van der Waals surface area (Å²) in [7, 11) is 0. The molecule has 2 aromatic rings. The lowest BCUT2D eigenvalue weighted by Gasteiger charge is -2.08. The number of rotatable bonds is 5. The number of anilines is 1. The van der Waals surface area contributed by atoms with E-state index in [2.05, 4.69) is 10.6 Å². The Hall–Kier alpha value is -2.93. The Morgan fingerprint density at radius 2 is 1.83 bits per heavy atom. The van der Waals surface area contributed by atoms with Crippen LogP contribution in [0.3, 0.4) is 0 Å². The van der Waals surface area contributed by atoms with Crippen LogP contribution in [0.4, 0.5) is 11.4 Å². The van der Waals surface area contributed by atoms with Crippen molar-refractivity contribution in [3.8, 4) is 0 Å². The molecule has 0 unspecified atom stereocenters. The number of hydrogen-bond acceptors (Lipinski definition) is 4. The van der Waals surface area contributed by atoms with Crippen molar-refractivity contribution < 1.29 is 14.5 Å². The summed E-state index contributed by atoms with van der Waals surface area (Å²) in [5, 5.41) is 16.1. The average molecular weight is 348 g/mol. The van der Waals surface area contributed by atoms with Gasteiger partial charge in [0.25, 0.3) is 17.5 Å². The number of benzene rings is 2. The lowest BCUT2D eigenvalue weighted by Crippen LogP contribution is -2.22. The van der Waals surface area contributed by atoms with Crippen LogP contribution in [0.15, 0.2) is 42.5 Å². The first-order valence-electron chi connectivity index (χ1n) is 7.06. The second kappa shape index (κ2) is 7.56. The van der Waals surface area contributed by atoms with Crippen molar-refractivity contribution in [3.05, 3.63) is 68.7 Å². The molecular weight excluding hydrogens is 334 g/mol. The van der Waals surface area contributed by atoms with E-state index >= 15 is 0 Å². The smallest absolute Gasteiger partial charge is 0.288 e. The summed E-state index contributed by atoms with van der Waals surface area (Å²) < 4.78 is 0. The van der Waals surface area contributed by atoms with Crippen molar-refractivity contribution in [1.82, 2.24) is 5.32 Å². The van der Waals surface area contributed by atoms with E-state index in [1.807, 2.05) is 0 Å². The molecule has 0 aliphatic heterocycles. The monoisotopic (exact) mass is 347 g/mol. The van der Waals surface area contributed by atoms with Gasteiger partial charge in [-0.25, -0.2) is 0 Å². The zero-order valence-corrected chi connectivity index (χ0v) is 13.5. The summed E-state index contributed by atoms with van der Waals surface area (Å²) >= 11 is 5.72. The van der Waals surface area contributed by atoms with Crippen LogP contribution >= 0.6 is 11.6 Å². The summed E-state index contributed by atoms with van der Waals surface area (Å²) in [6.45, 7) is 2.29. The van der Waals surface area contributed by atoms with E-state index in [4.69, 9.17) is 11.6 Å². The van der Waals surface area contributed by atoms with Crippen LogP contribution in [0.1, 0.15) is 27.6 Å². The Balaban J connectivity index is 2.21. The second-order valence-electron chi connectivity index (χ2n) is 4.82. The van der Waals surface area contributed by atoms with E-state index in [-0.39, 0.29) is 22.2 Å². The van der Waals surface area contributed by atoms with Crippen LogP contribution in [-0.2, 0) is 0 Å². The Morgan fingerprint density at radius 3 is 2.50 bits per heavy atom. The van der Waals surface area contributed by atoms with Crippen molar-refractivity contribution >= 4 is 34.8 Å². The van der Waals surface area contributed by atoms with Gasteiger partial charge in [0.1, 0.15) is 5.02 Å². The first-order chi connectivity index (χ1) is 11.4. The van der Waals surface area contributed by atoms with Crippen LogP contribution in [0.2, 0.25) is 5.02 Å². The van der Waals surface area contributed by atoms with E-state index in [1.54, 1.807) is 25.1 Å². The van der Waals surface area contributed by atoms with Gasteiger partial charge in [0.15, 0.2) is 0 Å². The van der Waals surface area contributed by atoms with Gasteiger partial charge in [0, 0.05) is 29.4 Å². The first-order valence-corrected chi connectivity index (χ1v) is 7.43. The van der Waals surface area contributed by atoms with Gasteiger partial charge in [-0.2, -0.15) is 0 Å². The van der Waals surface area contributed by atoms with E-state index < -0.39 is 10.8 Å². The zero-order chi connectivity index (χ0) is 17.7. The third-order valence-corrected chi connectivity index (χ3v) is 3.44. The highest BCUT2D eigenvalue weighted by molar-refractivity contribution is 6.32. The normalized spacial score (nSPS) is 10.1.